The van der Waals surface area contributed by atoms with Crippen molar-refractivity contribution in [3.63, 3.8) is 0 Å². The molecule has 0 saturated carbocycles. The molecule has 0 bridgehead atoms. The van der Waals surface area contributed by atoms with Crippen LogP contribution in [0, 0.1) is 0 Å². The summed E-state index contributed by atoms with van der Waals surface area (Å²) >= 11 is 0. The molecule has 0 spiro atoms. The average molecular weight is 338 g/mol. The molecule has 2 aromatic rings. The van der Waals surface area contributed by atoms with Gasteiger partial charge in [0, 0.05) is 26.2 Å². The van der Waals surface area contributed by atoms with Crippen molar-refractivity contribution < 1.29 is 4.52 Å². The fraction of sp³-hybridized carbons (Fsp3) is 0.500. The topological polar surface area (TPSA) is 57.4 Å². The van der Waals surface area contributed by atoms with Gasteiger partial charge in [-0.25, -0.2) is 0 Å². The van der Waals surface area contributed by atoms with E-state index in [1.807, 2.05) is 6.07 Å². The van der Waals surface area contributed by atoms with Crippen molar-refractivity contribution >= 4 is 12.4 Å². The molecule has 7 heteroatoms. The number of rotatable bonds is 5. The Morgan fingerprint density at radius 1 is 1.30 bits per heavy atom. The Kier molecular flexibility index (Phi) is 6.53. The monoisotopic (exact) mass is 337 g/mol. The van der Waals surface area contributed by atoms with Gasteiger partial charge in [0.1, 0.15) is 0 Å². The van der Waals surface area contributed by atoms with E-state index in [9.17, 15) is 0 Å². The van der Waals surface area contributed by atoms with Crippen molar-refractivity contribution in [2.75, 3.05) is 33.7 Å². The summed E-state index contributed by atoms with van der Waals surface area (Å²) in [5, 5.41) is 7.53. The van der Waals surface area contributed by atoms with Gasteiger partial charge in [-0.2, -0.15) is 4.98 Å². The first-order valence-electron chi connectivity index (χ1n) is 7.68. The minimum absolute atomic E-state index is 0. The number of hydrogen-bond acceptors (Lipinski definition) is 6. The minimum Gasteiger partial charge on any atom is -0.338 e. The van der Waals surface area contributed by atoms with E-state index in [1.165, 1.54) is 5.56 Å². The van der Waals surface area contributed by atoms with Crippen molar-refractivity contribution in [3.05, 3.63) is 47.6 Å². The zero-order chi connectivity index (χ0) is 15.4. The molecule has 2 heterocycles. The van der Waals surface area contributed by atoms with Crippen LogP contribution in [0.2, 0.25) is 0 Å². The Hall–Kier alpha value is -1.47. The van der Waals surface area contributed by atoms with E-state index in [0.717, 1.165) is 32.0 Å². The summed E-state index contributed by atoms with van der Waals surface area (Å²) in [5.41, 5.74) is 1.28. The fourth-order valence-corrected chi connectivity index (χ4v) is 2.74. The predicted octanol–water partition coefficient (Wildman–Crippen LogP) is 1.70. The number of nitrogens with zero attached hydrogens (tertiary/aromatic N) is 4. The lowest BCUT2D eigenvalue weighted by atomic mass is 10.2. The van der Waals surface area contributed by atoms with Gasteiger partial charge in [-0.15, -0.1) is 12.4 Å². The largest absolute Gasteiger partial charge is 0.338 e. The van der Waals surface area contributed by atoms with Gasteiger partial charge in [-0.05, 0) is 19.7 Å². The highest BCUT2D eigenvalue weighted by molar-refractivity contribution is 5.85. The SMILES string of the molecule is CN(Cc1ccccc1)Cc1nc(C2CNCCN2C)no1.Cl. The van der Waals surface area contributed by atoms with E-state index >= 15 is 0 Å². The lowest BCUT2D eigenvalue weighted by Crippen LogP contribution is -2.44. The van der Waals surface area contributed by atoms with Gasteiger partial charge in [-0.3, -0.25) is 9.80 Å². The predicted molar refractivity (Wildman–Crippen MR) is 91.4 cm³/mol. The quantitative estimate of drug-likeness (QED) is 0.896. The van der Waals surface area contributed by atoms with E-state index in [2.05, 4.69) is 63.6 Å². The molecule has 0 amide bonds. The van der Waals surface area contributed by atoms with E-state index in [-0.39, 0.29) is 18.4 Å². The Morgan fingerprint density at radius 2 is 2.09 bits per heavy atom. The van der Waals surface area contributed by atoms with Crippen LogP contribution in [0.1, 0.15) is 23.3 Å². The van der Waals surface area contributed by atoms with Crippen molar-refractivity contribution in [2.24, 2.45) is 0 Å². The maximum absolute atomic E-state index is 5.42. The number of aromatic nitrogens is 2. The normalized spacial score (nSPS) is 18.8. The summed E-state index contributed by atoms with van der Waals surface area (Å²) in [6.07, 6.45) is 0. The molecular formula is C16H24ClN5O. The third-order valence-corrected chi connectivity index (χ3v) is 3.99. The van der Waals surface area contributed by atoms with Crippen LogP contribution in [0.5, 0.6) is 0 Å². The van der Waals surface area contributed by atoms with Crippen LogP contribution in [0.3, 0.4) is 0 Å². The van der Waals surface area contributed by atoms with Gasteiger partial charge in [0.15, 0.2) is 5.82 Å². The third kappa shape index (κ3) is 4.75. The average Bonchev–Trinajstić information content (AvgIpc) is 2.97. The summed E-state index contributed by atoms with van der Waals surface area (Å²) in [6, 6.07) is 10.6. The highest BCUT2D eigenvalue weighted by Crippen LogP contribution is 2.18. The first-order chi connectivity index (χ1) is 10.7. The molecule has 3 rings (SSSR count). The third-order valence-electron chi connectivity index (χ3n) is 3.99. The zero-order valence-electron chi connectivity index (χ0n) is 13.6. The Balaban J connectivity index is 0.00000192. The van der Waals surface area contributed by atoms with Crippen LogP contribution in [0.4, 0.5) is 0 Å². The molecule has 0 aliphatic carbocycles. The molecule has 1 aromatic carbocycles. The molecule has 23 heavy (non-hydrogen) atoms. The molecule has 1 aromatic heterocycles. The van der Waals surface area contributed by atoms with E-state index in [1.54, 1.807) is 0 Å². The van der Waals surface area contributed by atoms with Crippen LogP contribution in [-0.2, 0) is 13.1 Å². The summed E-state index contributed by atoms with van der Waals surface area (Å²) in [7, 11) is 4.16. The van der Waals surface area contributed by atoms with Gasteiger partial charge in [0.2, 0.25) is 5.89 Å². The Labute approximate surface area is 143 Å². The molecule has 1 saturated heterocycles. The van der Waals surface area contributed by atoms with Gasteiger partial charge in [0.05, 0.1) is 12.6 Å². The maximum Gasteiger partial charge on any atom is 0.240 e. The second-order valence-corrected chi connectivity index (χ2v) is 5.90. The minimum atomic E-state index is 0. The van der Waals surface area contributed by atoms with Gasteiger partial charge in [-0.1, -0.05) is 35.5 Å². The van der Waals surface area contributed by atoms with E-state index in [4.69, 9.17) is 4.52 Å². The smallest absolute Gasteiger partial charge is 0.240 e. The van der Waals surface area contributed by atoms with Crippen LogP contribution in [-0.4, -0.2) is 53.7 Å². The number of piperazine rings is 1. The van der Waals surface area contributed by atoms with Gasteiger partial charge >= 0.3 is 0 Å². The molecule has 1 atom stereocenters. The van der Waals surface area contributed by atoms with Crippen LogP contribution in [0.25, 0.3) is 0 Å². The van der Waals surface area contributed by atoms with E-state index in [0.29, 0.717) is 12.4 Å². The highest BCUT2D eigenvalue weighted by atomic mass is 35.5. The van der Waals surface area contributed by atoms with Crippen LogP contribution >= 0.6 is 12.4 Å². The molecule has 1 unspecified atom stereocenters. The second kappa shape index (κ2) is 8.40. The first kappa shape index (κ1) is 17.9. The molecule has 1 aliphatic rings. The zero-order valence-corrected chi connectivity index (χ0v) is 14.4. The van der Waals surface area contributed by atoms with Gasteiger partial charge in [0.25, 0.3) is 0 Å². The van der Waals surface area contributed by atoms with Crippen LogP contribution in [0.15, 0.2) is 34.9 Å². The van der Waals surface area contributed by atoms with Crippen molar-refractivity contribution in [1.82, 2.24) is 25.3 Å². The maximum atomic E-state index is 5.42. The molecule has 1 fully saturated rings. The first-order valence-corrected chi connectivity index (χ1v) is 7.68. The Morgan fingerprint density at radius 3 is 2.83 bits per heavy atom. The number of benzene rings is 1. The molecule has 1 N–H and O–H groups in total. The lowest BCUT2D eigenvalue weighted by molar-refractivity contribution is 0.190. The van der Waals surface area contributed by atoms with Crippen molar-refractivity contribution in [2.45, 2.75) is 19.1 Å². The number of likely N-dealkylation sites (N-methyl/N-ethyl adjacent to an activating group) is 1. The molecule has 0 radical (unpaired) electrons. The fourth-order valence-electron chi connectivity index (χ4n) is 2.74. The molecular weight excluding hydrogens is 314 g/mol. The second-order valence-electron chi connectivity index (χ2n) is 5.90. The number of nitrogens with one attached hydrogen (secondary N) is 1. The lowest BCUT2D eigenvalue weighted by Gasteiger charge is -2.30. The number of hydrogen-bond donors (Lipinski definition) is 1. The molecule has 6 nitrogen and oxygen atoms in total. The molecule has 1 aliphatic heterocycles. The van der Waals surface area contributed by atoms with Gasteiger partial charge < -0.3 is 9.84 Å². The molecule has 126 valence electrons. The summed E-state index contributed by atoms with van der Waals surface area (Å²) in [5.74, 6) is 1.45. The van der Waals surface area contributed by atoms with Crippen molar-refractivity contribution in [1.29, 1.82) is 0 Å². The van der Waals surface area contributed by atoms with E-state index < -0.39 is 0 Å². The standard InChI is InChI=1S/C16H23N5O.ClH/c1-20(11-13-6-4-3-5-7-13)12-15-18-16(19-22-15)14-10-17-8-9-21(14)2;/h3-7,14,17H,8-12H2,1-2H3;1H. The highest BCUT2D eigenvalue weighted by Gasteiger charge is 2.25. The van der Waals surface area contributed by atoms with Crippen LogP contribution < -0.4 is 5.32 Å². The Bertz CT molecular complexity index is 591. The summed E-state index contributed by atoms with van der Waals surface area (Å²) < 4.78 is 5.42. The summed E-state index contributed by atoms with van der Waals surface area (Å²) in [6.45, 7) is 4.41. The van der Waals surface area contributed by atoms with Crippen molar-refractivity contribution in [3.8, 4) is 0 Å². The summed E-state index contributed by atoms with van der Waals surface area (Å²) in [4.78, 5) is 9.00. The number of halogens is 1.